The van der Waals surface area contributed by atoms with Gasteiger partial charge in [0.25, 0.3) is 0 Å². The third-order valence-electron chi connectivity index (χ3n) is 2.08. The molecule has 3 nitrogen and oxygen atoms in total. The van der Waals surface area contributed by atoms with Crippen LogP contribution in [0.5, 0.6) is 0 Å². The van der Waals surface area contributed by atoms with Crippen molar-refractivity contribution in [1.82, 2.24) is 0 Å². The molecule has 1 aliphatic rings. The third kappa shape index (κ3) is 2.50. The fraction of sp³-hybridized carbons (Fsp3) is 0.875. The molecule has 0 radical (unpaired) electrons. The molecule has 0 spiro atoms. The zero-order valence-corrected chi connectivity index (χ0v) is 7.21. The van der Waals surface area contributed by atoms with Crippen LogP contribution in [0, 0.1) is 0 Å². The molecule has 1 rings (SSSR count). The Kier molecular flexibility index (Phi) is 2.88. The average Bonchev–Trinajstić information content (AvgIpc) is 2.34. The molecule has 0 saturated heterocycles. The number of nitrogens with two attached hydrogens (primary N) is 1. The summed E-state index contributed by atoms with van der Waals surface area (Å²) in [5.74, 6) is 0.687. The van der Waals surface area contributed by atoms with Crippen LogP contribution >= 0.6 is 0 Å². The summed E-state index contributed by atoms with van der Waals surface area (Å²) in [5.41, 5.74) is 5.47. The number of amidine groups is 1. The first-order chi connectivity index (χ1) is 5.22. The molecule has 1 fully saturated rings. The van der Waals surface area contributed by atoms with Crippen LogP contribution in [0.15, 0.2) is 4.99 Å². The molecule has 0 amide bonds. The van der Waals surface area contributed by atoms with Crippen molar-refractivity contribution < 1.29 is 4.74 Å². The molecule has 0 bridgehead atoms. The van der Waals surface area contributed by atoms with Gasteiger partial charge in [0, 0.05) is 7.11 Å². The van der Waals surface area contributed by atoms with E-state index in [9.17, 15) is 0 Å². The molecule has 0 aromatic heterocycles. The summed E-state index contributed by atoms with van der Waals surface area (Å²) in [6.45, 7) is 1.83. The highest BCUT2D eigenvalue weighted by Gasteiger charge is 2.23. The SMILES string of the molecule is COC1CCC(N=C(C)N)C1. The summed E-state index contributed by atoms with van der Waals surface area (Å²) in [7, 11) is 1.76. The van der Waals surface area contributed by atoms with Crippen molar-refractivity contribution in [1.29, 1.82) is 0 Å². The molecule has 2 unspecified atom stereocenters. The zero-order valence-electron chi connectivity index (χ0n) is 7.21. The van der Waals surface area contributed by atoms with Gasteiger partial charge in [-0.2, -0.15) is 0 Å². The fourth-order valence-electron chi connectivity index (χ4n) is 1.54. The number of rotatable bonds is 2. The van der Waals surface area contributed by atoms with Crippen molar-refractivity contribution in [2.45, 2.75) is 38.3 Å². The Morgan fingerprint density at radius 1 is 1.55 bits per heavy atom. The molecule has 0 aromatic carbocycles. The third-order valence-corrected chi connectivity index (χ3v) is 2.08. The average molecular weight is 156 g/mol. The minimum atomic E-state index is 0.406. The lowest BCUT2D eigenvalue weighted by Gasteiger charge is -2.05. The van der Waals surface area contributed by atoms with Crippen molar-refractivity contribution in [3.8, 4) is 0 Å². The van der Waals surface area contributed by atoms with Crippen LogP contribution in [-0.2, 0) is 4.74 Å². The Labute approximate surface area is 67.6 Å². The van der Waals surface area contributed by atoms with E-state index >= 15 is 0 Å². The van der Waals surface area contributed by atoms with E-state index in [1.54, 1.807) is 7.11 Å². The molecule has 64 valence electrons. The molecule has 3 heteroatoms. The van der Waals surface area contributed by atoms with Gasteiger partial charge >= 0.3 is 0 Å². The predicted molar refractivity (Wildman–Crippen MR) is 45.7 cm³/mol. The van der Waals surface area contributed by atoms with Crippen molar-refractivity contribution in [3.63, 3.8) is 0 Å². The smallest absolute Gasteiger partial charge is 0.0909 e. The van der Waals surface area contributed by atoms with E-state index in [0.717, 1.165) is 19.3 Å². The highest BCUT2D eigenvalue weighted by molar-refractivity contribution is 5.77. The van der Waals surface area contributed by atoms with Crippen LogP contribution in [0.3, 0.4) is 0 Å². The van der Waals surface area contributed by atoms with Crippen LogP contribution < -0.4 is 5.73 Å². The molecule has 0 aliphatic heterocycles. The maximum absolute atomic E-state index is 5.47. The first kappa shape index (κ1) is 8.53. The lowest BCUT2D eigenvalue weighted by Crippen LogP contribution is -2.12. The minimum Gasteiger partial charge on any atom is -0.388 e. The molecule has 2 atom stereocenters. The van der Waals surface area contributed by atoms with Crippen LogP contribution in [0.25, 0.3) is 0 Å². The van der Waals surface area contributed by atoms with Gasteiger partial charge in [0.2, 0.25) is 0 Å². The maximum Gasteiger partial charge on any atom is 0.0909 e. The number of hydrogen-bond acceptors (Lipinski definition) is 2. The van der Waals surface area contributed by atoms with Gasteiger partial charge in [-0.25, -0.2) is 0 Å². The lowest BCUT2D eigenvalue weighted by molar-refractivity contribution is 0.108. The zero-order chi connectivity index (χ0) is 8.27. The Morgan fingerprint density at radius 2 is 2.27 bits per heavy atom. The van der Waals surface area contributed by atoms with Gasteiger partial charge in [-0.05, 0) is 26.2 Å². The molecule has 11 heavy (non-hydrogen) atoms. The van der Waals surface area contributed by atoms with Gasteiger partial charge in [-0.1, -0.05) is 0 Å². The monoisotopic (exact) mass is 156 g/mol. The number of nitrogens with zero attached hydrogens (tertiary/aromatic N) is 1. The predicted octanol–water partition coefficient (Wildman–Crippen LogP) is 0.931. The first-order valence-corrected chi connectivity index (χ1v) is 4.05. The Bertz CT molecular complexity index is 152. The summed E-state index contributed by atoms with van der Waals surface area (Å²) >= 11 is 0. The van der Waals surface area contributed by atoms with Crippen LogP contribution in [0.2, 0.25) is 0 Å². The second-order valence-electron chi connectivity index (χ2n) is 3.10. The Hall–Kier alpha value is -0.570. The summed E-state index contributed by atoms with van der Waals surface area (Å²) in [4.78, 5) is 4.29. The lowest BCUT2D eigenvalue weighted by atomic mass is 10.2. The van der Waals surface area contributed by atoms with Crippen molar-refractivity contribution in [2.24, 2.45) is 10.7 Å². The molecular weight excluding hydrogens is 140 g/mol. The van der Waals surface area contributed by atoms with E-state index in [1.165, 1.54) is 0 Å². The Balaban J connectivity index is 2.36. The number of hydrogen-bond donors (Lipinski definition) is 1. The standard InChI is InChI=1S/C8H16N2O/c1-6(9)10-7-3-4-8(5-7)11-2/h7-8H,3-5H2,1-2H3,(H2,9,10). The molecule has 1 aliphatic carbocycles. The van der Waals surface area contributed by atoms with Crippen LogP contribution in [-0.4, -0.2) is 25.1 Å². The van der Waals surface area contributed by atoms with Crippen molar-refractivity contribution in [3.05, 3.63) is 0 Å². The van der Waals surface area contributed by atoms with Gasteiger partial charge in [-0.15, -0.1) is 0 Å². The maximum atomic E-state index is 5.47. The van der Waals surface area contributed by atoms with Crippen molar-refractivity contribution in [2.75, 3.05) is 7.11 Å². The van der Waals surface area contributed by atoms with E-state index in [-0.39, 0.29) is 0 Å². The highest BCUT2D eigenvalue weighted by atomic mass is 16.5. The van der Waals surface area contributed by atoms with E-state index < -0.39 is 0 Å². The largest absolute Gasteiger partial charge is 0.388 e. The fourth-order valence-corrected chi connectivity index (χ4v) is 1.54. The summed E-state index contributed by atoms with van der Waals surface area (Å²) in [6.07, 6.45) is 3.68. The number of ether oxygens (including phenoxy) is 1. The minimum absolute atomic E-state index is 0.406. The first-order valence-electron chi connectivity index (χ1n) is 4.05. The van der Waals surface area contributed by atoms with E-state index in [0.29, 0.717) is 18.0 Å². The molecule has 2 N–H and O–H groups in total. The van der Waals surface area contributed by atoms with Crippen molar-refractivity contribution >= 4 is 5.84 Å². The summed E-state index contributed by atoms with van der Waals surface area (Å²) in [5, 5.41) is 0. The van der Waals surface area contributed by atoms with E-state index in [4.69, 9.17) is 10.5 Å². The summed E-state index contributed by atoms with van der Waals surface area (Å²) < 4.78 is 5.21. The van der Waals surface area contributed by atoms with Gasteiger partial charge in [0.1, 0.15) is 0 Å². The molecule has 0 heterocycles. The molecule has 0 aromatic rings. The Morgan fingerprint density at radius 3 is 2.73 bits per heavy atom. The van der Waals surface area contributed by atoms with Crippen LogP contribution in [0.4, 0.5) is 0 Å². The van der Waals surface area contributed by atoms with Gasteiger partial charge in [0.15, 0.2) is 0 Å². The highest BCUT2D eigenvalue weighted by Crippen LogP contribution is 2.23. The quantitative estimate of drug-likeness (QED) is 0.477. The van der Waals surface area contributed by atoms with E-state index in [2.05, 4.69) is 4.99 Å². The van der Waals surface area contributed by atoms with E-state index in [1.807, 2.05) is 6.92 Å². The van der Waals surface area contributed by atoms with Gasteiger partial charge in [0.05, 0.1) is 18.0 Å². The summed E-state index contributed by atoms with van der Waals surface area (Å²) in [6, 6.07) is 0.407. The topological polar surface area (TPSA) is 47.6 Å². The van der Waals surface area contributed by atoms with Crippen LogP contribution in [0.1, 0.15) is 26.2 Å². The second-order valence-corrected chi connectivity index (χ2v) is 3.10. The molecule has 1 saturated carbocycles. The van der Waals surface area contributed by atoms with Gasteiger partial charge in [-0.3, -0.25) is 4.99 Å². The second kappa shape index (κ2) is 3.72. The van der Waals surface area contributed by atoms with Gasteiger partial charge < -0.3 is 10.5 Å². The normalized spacial score (nSPS) is 32.7. The molecular formula is C8H16N2O. The number of methoxy groups -OCH3 is 1. The number of aliphatic imine (C=N–C) groups is 1.